The van der Waals surface area contributed by atoms with Gasteiger partial charge in [0.1, 0.15) is 6.61 Å². The molecule has 0 saturated carbocycles. The van der Waals surface area contributed by atoms with E-state index >= 15 is 0 Å². The zero-order valence-corrected chi connectivity index (χ0v) is 17.0. The lowest BCUT2D eigenvalue weighted by Crippen LogP contribution is -2.15. The summed E-state index contributed by atoms with van der Waals surface area (Å²) in [7, 11) is 0. The van der Waals surface area contributed by atoms with Gasteiger partial charge in [0, 0.05) is 24.2 Å². The number of aliphatic hydroxyl groups is 1. The van der Waals surface area contributed by atoms with Crippen molar-refractivity contribution in [1.29, 1.82) is 0 Å². The molecule has 0 saturated heterocycles. The van der Waals surface area contributed by atoms with Gasteiger partial charge in [0.2, 0.25) is 0 Å². The molecule has 2 aromatic rings. The first kappa shape index (κ1) is 21.5. The number of ether oxygens (including phenoxy) is 2. The van der Waals surface area contributed by atoms with Gasteiger partial charge in [-0.3, -0.25) is 0 Å². The van der Waals surface area contributed by atoms with Crippen LogP contribution in [0.2, 0.25) is 5.02 Å². The summed E-state index contributed by atoms with van der Waals surface area (Å²) < 4.78 is 11.7. The normalized spacial score (nSPS) is 10.8. The van der Waals surface area contributed by atoms with Crippen LogP contribution in [0.4, 0.5) is 0 Å². The van der Waals surface area contributed by atoms with Gasteiger partial charge in [-0.05, 0) is 56.8 Å². The molecule has 2 aromatic carbocycles. The van der Waals surface area contributed by atoms with Gasteiger partial charge < -0.3 is 19.9 Å². The highest BCUT2D eigenvalue weighted by Gasteiger charge is 2.11. The fourth-order valence-electron chi connectivity index (χ4n) is 2.82. The van der Waals surface area contributed by atoms with Crippen molar-refractivity contribution in [2.45, 2.75) is 46.3 Å². The van der Waals surface area contributed by atoms with Crippen molar-refractivity contribution in [3.63, 3.8) is 0 Å². The minimum Gasteiger partial charge on any atom is -0.490 e. The van der Waals surface area contributed by atoms with E-state index in [-0.39, 0.29) is 6.61 Å². The van der Waals surface area contributed by atoms with E-state index in [0.29, 0.717) is 36.3 Å². The van der Waals surface area contributed by atoms with Crippen LogP contribution in [-0.4, -0.2) is 24.9 Å². The Kier molecular flexibility index (Phi) is 9.46. The smallest absolute Gasteiger partial charge is 0.163 e. The lowest BCUT2D eigenvalue weighted by molar-refractivity contribution is 0.269. The SMILES string of the molecule is CCOc1cc(CNCCCCCO)c(Cl)cc1OCc1cccc(C)c1. The molecule has 0 fully saturated rings. The van der Waals surface area contributed by atoms with Gasteiger partial charge in [0.05, 0.1) is 6.61 Å². The zero-order chi connectivity index (χ0) is 19.5. The third kappa shape index (κ3) is 7.41. The van der Waals surface area contributed by atoms with E-state index in [2.05, 4.69) is 24.4 Å². The largest absolute Gasteiger partial charge is 0.490 e. The fourth-order valence-corrected chi connectivity index (χ4v) is 3.04. The highest BCUT2D eigenvalue weighted by molar-refractivity contribution is 6.31. The molecule has 2 N–H and O–H groups in total. The van der Waals surface area contributed by atoms with Crippen LogP contribution in [0.15, 0.2) is 36.4 Å². The average Bonchev–Trinajstić information content (AvgIpc) is 2.65. The van der Waals surface area contributed by atoms with Gasteiger partial charge in [0.25, 0.3) is 0 Å². The topological polar surface area (TPSA) is 50.7 Å². The lowest BCUT2D eigenvalue weighted by atomic mass is 10.1. The van der Waals surface area contributed by atoms with Crippen molar-refractivity contribution >= 4 is 11.6 Å². The van der Waals surface area contributed by atoms with Crippen LogP contribution in [0.5, 0.6) is 11.5 Å². The summed E-state index contributed by atoms with van der Waals surface area (Å²) in [4.78, 5) is 0. The Morgan fingerprint density at radius 2 is 1.85 bits per heavy atom. The van der Waals surface area contributed by atoms with Crippen LogP contribution in [-0.2, 0) is 13.2 Å². The molecule has 0 heterocycles. The predicted octanol–water partition coefficient (Wildman–Crippen LogP) is 4.88. The zero-order valence-electron chi connectivity index (χ0n) is 16.3. The highest BCUT2D eigenvalue weighted by Crippen LogP contribution is 2.34. The summed E-state index contributed by atoms with van der Waals surface area (Å²) in [6, 6.07) is 12.0. The first-order chi connectivity index (χ1) is 13.1. The maximum atomic E-state index is 8.81. The van der Waals surface area contributed by atoms with E-state index in [1.54, 1.807) is 0 Å². The molecule has 0 amide bonds. The number of benzene rings is 2. The van der Waals surface area contributed by atoms with Crippen LogP contribution in [0.25, 0.3) is 0 Å². The Labute approximate surface area is 167 Å². The maximum Gasteiger partial charge on any atom is 0.163 e. The molecule has 0 spiro atoms. The highest BCUT2D eigenvalue weighted by atomic mass is 35.5. The van der Waals surface area contributed by atoms with Crippen molar-refractivity contribution in [2.24, 2.45) is 0 Å². The summed E-state index contributed by atoms with van der Waals surface area (Å²) in [5.74, 6) is 1.38. The summed E-state index contributed by atoms with van der Waals surface area (Å²) in [5.41, 5.74) is 3.31. The number of aliphatic hydroxyl groups excluding tert-OH is 1. The molecule has 0 unspecified atom stereocenters. The van der Waals surface area contributed by atoms with Crippen LogP contribution in [0.1, 0.15) is 42.9 Å². The third-order valence-corrected chi connectivity index (χ3v) is 4.57. The molecule has 2 rings (SSSR count). The Bertz CT molecular complexity index is 706. The van der Waals surface area contributed by atoms with Crippen molar-refractivity contribution in [3.8, 4) is 11.5 Å². The van der Waals surface area contributed by atoms with E-state index in [0.717, 1.165) is 36.9 Å². The second-order valence-electron chi connectivity index (χ2n) is 6.56. The van der Waals surface area contributed by atoms with Crippen molar-refractivity contribution in [2.75, 3.05) is 19.8 Å². The molecule has 0 aliphatic carbocycles. The van der Waals surface area contributed by atoms with Gasteiger partial charge >= 0.3 is 0 Å². The van der Waals surface area contributed by atoms with E-state index in [9.17, 15) is 0 Å². The molecule has 0 aliphatic rings. The standard InChI is InChI=1S/C22H30ClNO3/c1-3-26-21-13-19(15-24-10-5-4-6-11-25)20(23)14-22(21)27-16-18-9-7-8-17(2)12-18/h7-9,12-14,24-25H,3-6,10-11,15-16H2,1-2H3. The number of aryl methyl sites for hydroxylation is 1. The second-order valence-corrected chi connectivity index (χ2v) is 6.97. The summed E-state index contributed by atoms with van der Waals surface area (Å²) in [6.07, 6.45) is 2.91. The van der Waals surface area contributed by atoms with E-state index < -0.39 is 0 Å². The predicted molar refractivity (Wildman–Crippen MR) is 111 cm³/mol. The number of nitrogens with one attached hydrogen (secondary N) is 1. The molecular formula is C22H30ClNO3. The van der Waals surface area contributed by atoms with Crippen LogP contribution in [0.3, 0.4) is 0 Å². The van der Waals surface area contributed by atoms with Gasteiger partial charge in [-0.25, -0.2) is 0 Å². The van der Waals surface area contributed by atoms with Crippen molar-refractivity contribution in [3.05, 3.63) is 58.1 Å². The molecule has 27 heavy (non-hydrogen) atoms. The number of rotatable bonds is 12. The van der Waals surface area contributed by atoms with Gasteiger partial charge in [0.15, 0.2) is 11.5 Å². The minimum atomic E-state index is 0.257. The van der Waals surface area contributed by atoms with Crippen LogP contribution < -0.4 is 14.8 Å². The van der Waals surface area contributed by atoms with E-state index in [4.69, 9.17) is 26.2 Å². The first-order valence-electron chi connectivity index (χ1n) is 9.59. The van der Waals surface area contributed by atoms with Crippen molar-refractivity contribution in [1.82, 2.24) is 5.32 Å². The van der Waals surface area contributed by atoms with Gasteiger partial charge in [-0.2, -0.15) is 0 Å². The quantitative estimate of drug-likeness (QED) is 0.506. The Morgan fingerprint density at radius 1 is 1.04 bits per heavy atom. The Hall–Kier alpha value is -1.75. The first-order valence-corrected chi connectivity index (χ1v) is 9.97. The van der Waals surface area contributed by atoms with E-state index in [1.807, 2.05) is 31.2 Å². The number of hydrogen-bond acceptors (Lipinski definition) is 4. The second kappa shape index (κ2) is 11.9. The molecule has 0 atom stereocenters. The van der Waals surface area contributed by atoms with Gasteiger partial charge in [-0.15, -0.1) is 0 Å². The summed E-state index contributed by atoms with van der Waals surface area (Å²) in [6.45, 7) is 6.89. The fraction of sp³-hybridized carbons (Fsp3) is 0.455. The maximum absolute atomic E-state index is 8.81. The monoisotopic (exact) mass is 391 g/mol. The van der Waals surface area contributed by atoms with Crippen LogP contribution in [0, 0.1) is 6.92 Å². The molecule has 0 aliphatic heterocycles. The molecule has 4 nitrogen and oxygen atoms in total. The lowest BCUT2D eigenvalue weighted by Gasteiger charge is -2.15. The van der Waals surface area contributed by atoms with Gasteiger partial charge in [-0.1, -0.05) is 41.4 Å². The molecule has 0 bridgehead atoms. The number of hydrogen-bond donors (Lipinski definition) is 2. The molecule has 5 heteroatoms. The average molecular weight is 392 g/mol. The number of unbranched alkanes of at least 4 members (excludes halogenated alkanes) is 2. The van der Waals surface area contributed by atoms with Crippen LogP contribution >= 0.6 is 11.6 Å². The summed E-state index contributed by atoms with van der Waals surface area (Å²) in [5, 5.41) is 12.9. The molecule has 0 radical (unpaired) electrons. The Morgan fingerprint density at radius 3 is 2.59 bits per heavy atom. The number of halogens is 1. The Balaban J connectivity index is 1.99. The minimum absolute atomic E-state index is 0.257. The molecule has 148 valence electrons. The summed E-state index contributed by atoms with van der Waals surface area (Å²) >= 11 is 6.46. The van der Waals surface area contributed by atoms with E-state index in [1.165, 1.54) is 5.56 Å². The molecular weight excluding hydrogens is 362 g/mol. The molecule has 0 aromatic heterocycles. The van der Waals surface area contributed by atoms with Crippen molar-refractivity contribution < 1.29 is 14.6 Å². The third-order valence-electron chi connectivity index (χ3n) is 4.22.